The Morgan fingerprint density at radius 3 is 2.17 bits per heavy atom. The molecule has 2 aliphatic rings. The second-order valence-corrected chi connectivity index (χ2v) is 7.88. The molecule has 4 rings (SSSR count). The highest BCUT2D eigenvalue weighted by molar-refractivity contribution is 8.18. The van der Waals surface area contributed by atoms with Crippen molar-refractivity contribution < 1.29 is 14.4 Å². The Morgan fingerprint density at radius 1 is 0.897 bits per heavy atom. The highest BCUT2D eigenvalue weighted by Crippen LogP contribution is 2.32. The number of carbonyl (C=O) groups is 3. The number of hydrogen-bond acceptors (Lipinski definition) is 5. The largest absolute Gasteiger partial charge is 0.368 e. The van der Waals surface area contributed by atoms with Gasteiger partial charge in [0.05, 0.1) is 4.91 Å². The number of para-hydroxylation sites is 1. The summed E-state index contributed by atoms with van der Waals surface area (Å²) in [5.74, 6) is -0.596. The first-order chi connectivity index (χ1) is 14.1. The summed E-state index contributed by atoms with van der Waals surface area (Å²) in [6.07, 6.45) is 1.69. The fourth-order valence-electron chi connectivity index (χ4n) is 3.43. The Kier molecular flexibility index (Phi) is 5.67. The topological polar surface area (TPSA) is 60.9 Å². The average Bonchev–Trinajstić information content (AvgIpc) is 3.02. The Morgan fingerprint density at radius 2 is 1.52 bits per heavy atom. The van der Waals surface area contributed by atoms with E-state index in [4.69, 9.17) is 0 Å². The summed E-state index contributed by atoms with van der Waals surface area (Å²) in [4.78, 5) is 42.9. The maximum Gasteiger partial charge on any atom is 0.294 e. The van der Waals surface area contributed by atoms with Crippen LogP contribution in [-0.2, 0) is 9.59 Å². The number of anilines is 1. The molecule has 0 bridgehead atoms. The fourth-order valence-corrected chi connectivity index (χ4v) is 4.26. The predicted molar refractivity (Wildman–Crippen MR) is 114 cm³/mol. The fraction of sp³-hybridized carbons (Fsp3) is 0.227. The van der Waals surface area contributed by atoms with Crippen molar-refractivity contribution in [1.29, 1.82) is 0 Å². The zero-order chi connectivity index (χ0) is 20.2. The Labute approximate surface area is 173 Å². The number of benzene rings is 2. The monoisotopic (exact) mass is 407 g/mol. The number of hydrogen-bond donors (Lipinski definition) is 0. The molecular weight excluding hydrogens is 386 g/mol. The molecule has 29 heavy (non-hydrogen) atoms. The number of rotatable bonds is 4. The van der Waals surface area contributed by atoms with Crippen LogP contribution in [0.3, 0.4) is 0 Å². The van der Waals surface area contributed by atoms with Crippen molar-refractivity contribution in [1.82, 2.24) is 9.80 Å². The Hall–Kier alpha value is -3.06. The smallest absolute Gasteiger partial charge is 0.294 e. The van der Waals surface area contributed by atoms with Gasteiger partial charge in [-0.1, -0.05) is 48.5 Å². The first-order valence-corrected chi connectivity index (χ1v) is 10.3. The number of nitrogens with zero attached hydrogens (tertiary/aromatic N) is 3. The molecule has 0 N–H and O–H groups in total. The number of thioether (sulfide) groups is 1. The highest BCUT2D eigenvalue weighted by atomic mass is 32.2. The minimum Gasteiger partial charge on any atom is -0.368 e. The lowest BCUT2D eigenvalue weighted by Crippen LogP contribution is -2.51. The lowest BCUT2D eigenvalue weighted by atomic mass is 10.2. The first kappa shape index (κ1) is 19.3. The van der Waals surface area contributed by atoms with Crippen molar-refractivity contribution >= 4 is 40.6 Å². The van der Waals surface area contributed by atoms with Crippen LogP contribution in [0.15, 0.2) is 65.6 Å². The van der Waals surface area contributed by atoms with E-state index in [1.54, 1.807) is 11.0 Å². The minimum atomic E-state index is -0.403. The van der Waals surface area contributed by atoms with E-state index in [0.29, 0.717) is 18.0 Å². The van der Waals surface area contributed by atoms with Gasteiger partial charge < -0.3 is 9.80 Å². The summed E-state index contributed by atoms with van der Waals surface area (Å²) in [5.41, 5.74) is 1.98. The molecule has 2 aliphatic heterocycles. The summed E-state index contributed by atoms with van der Waals surface area (Å²) in [7, 11) is 0. The second kappa shape index (κ2) is 8.53. The van der Waals surface area contributed by atoms with Crippen molar-refractivity contribution in [2.45, 2.75) is 0 Å². The Balaban J connectivity index is 1.36. The van der Waals surface area contributed by atoms with Crippen LogP contribution >= 0.6 is 11.8 Å². The van der Waals surface area contributed by atoms with Gasteiger partial charge >= 0.3 is 0 Å². The molecule has 2 aromatic rings. The molecule has 2 aromatic carbocycles. The van der Waals surface area contributed by atoms with Gasteiger partial charge in [0, 0.05) is 31.9 Å². The molecule has 6 nitrogen and oxygen atoms in total. The third kappa shape index (κ3) is 4.35. The van der Waals surface area contributed by atoms with Crippen LogP contribution in [0.2, 0.25) is 0 Å². The number of imide groups is 1. The van der Waals surface area contributed by atoms with Crippen molar-refractivity contribution in [3.8, 4) is 0 Å². The number of carbonyl (C=O) groups excluding carboxylic acids is 3. The van der Waals surface area contributed by atoms with E-state index < -0.39 is 11.1 Å². The lowest BCUT2D eigenvalue weighted by molar-refractivity contribution is -0.136. The van der Waals surface area contributed by atoms with Gasteiger partial charge in [0.15, 0.2) is 0 Å². The van der Waals surface area contributed by atoms with Gasteiger partial charge in [-0.3, -0.25) is 19.3 Å². The quantitative estimate of drug-likeness (QED) is 0.729. The van der Waals surface area contributed by atoms with Gasteiger partial charge in [-0.25, -0.2) is 0 Å². The van der Waals surface area contributed by atoms with E-state index in [1.165, 1.54) is 0 Å². The van der Waals surface area contributed by atoms with Gasteiger partial charge in [-0.2, -0.15) is 0 Å². The zero-order valence-electron chi connectivity index (χ0n) is 15.9. The highest BCUT2D eigenvalue weighted by Gasteiger charge is 2.37. The molecule has 0 atom stereocenters. The van der Waals surface area contributed by atoms with Crippen molar-refractivity contribution in [3.05, 3.63) is 71.1 Å². The van der Waals surface area contributed by atoms with Gasteiger partial charge in [-0.05, 0) is 35.5 Å². The van der Waals surface area contributed by atoms with Crippen LogP contribution < -0.4 is 4.90 Å². The molecule has 0 aromatic heterocycles. The first-order valence-electron chi connectivity index (χ1n) is 9.50. The Bertz CT molecular complexity index is 938. The summed E-state index contributed by atoms with van der Waals surface area (Å²) >= 11 is 0.883. The maximum atomic E-state index is 12.7. The minimum absolute atomic E-state index is 0.194. The molecule has 2 saturated heterocycles. The van der Waals surface area contributed by atoms with Gasteiger partial charge in [0.2, 0.25) is 5.91 Å². The molecule has 0 radical (unpaired) electrons. The molecule has 0 aliphatic carbocycles. The second-order valence-electron chi connectivity index (χ2n) is 6.88. The molecular formula is C22H21N3O3S. The maximum absolute atomic E-state index is 12.7. The van der Waals surface area contributed by atoms with Crippen molar-refractivity contribution in [2.75, 3.05) is 37.6 Å². The van der Waals surface area contributed by atoms with Crippen molar-refractivity contribution in [2.24, 2.45) is 0 Å². The third-order valence-electron chi connectivity index (χ3n) is 5.02. The average molecular weight is 407 g/mol. The van der Waals surface area contributed by atoms with Crippen LogP contribution in [0.25, 0.3) is 6.08 Å². The van der Waals surface area contributed by atoms with Gasteiger partial charge in [0.25, 0.3) is 11.1 Å². The van der Waals surface area contributed by atoms with E-state index in [1.807, 2.05) is 48.5 Å². The summed E-state index contributed by atoms with van der Waals surface area (Å²) in [5, 5.41) is -0.395. The van der Waals surface area contributed by atoms with E-state index in [0.717, 1.165) is 41.0 Å². The van der Waals surface area contributed by atoms with E-state index in [-0.39, 0.29) is 12.5 Å². The van der Waals surface area contributed by atoms with Crippen LogP contribution in [0.4, 0.5) is 10.5 Å². The summed E-state index contributed by atoms with van der Waals surface area (Å²) in [6.45, 7) is 2.40. The van der Waals surface area contributed by atoms with Crippen molar-refractivity contribution in [3.63, 3.8) is 0 Å². The zero-order valence-corrected chi connectivity index (χ0v) is 16.7. The lowest BCUT2D eigenvalue weighted by Gasteiger charge is -2.36. The summed E-state index contributed by atoms with van der Waals surface area (Å²) < 4.78 is 0. The van der Waals surface area contributed by atoms with Crippen LogP contribution in [0.5, 0.6) is 0 Å². The number of piperazine rings is 1. The molecule has 148 valence electrons. The molecule has 3 amide bonds. The normalized spacial score (nSPS) is 18.6. The predicted octanol–water partition coefficient (Wildman–Crippen LogP) is 3.07. The van der Waals surface area contributed by atoms with Crippen LogP contribution in [0.1, 0.15) is 5.56 Å². The molecule has 2 heterocycles. The van der Waals surface area contributed by atoms with Gasteiger partial charge in [-0.15, -0.1) is 0 Å². The summed E-state index contributed by atoms with van der Waals surface area (Å²) in [6, 6.07) is 19.4. The van der Waals surface area contributed by atoms with Gasteiger partial charge in [0.1, 0.15) is 6.54 Å². The molecule has 7 heteroatoms. The van der Waals surface area contributed by atoms with Crippen LogP contribution in [0, 0.1) is 0 Å². The molecule has 0 saturated carbocycles. The third-order valence-corrected chi connectivity index (χ3v) is 5.93. The van der Waals surface area contributed by atoms with E-state index in [2.05, 4.69) is 17.0 Å². The molecule has 0 spiro atoms. The molecule has 2 fully saturated rings. The van der Waals surface area contributed by atoms with Crippen LogP contribution in [-0.4, -0.2) is 59.6 Å². The van der Waals surface area contributed by atoms with E-state index in [9.17, 15) is 14.4 Å². The SMILES string of the molecule is O=C(CN1C(=O)S/C(=C\c2ccccc2)C1=O)N1CCN(c2ccccc2)CC1. The number of amides is 3. The molecule has 0 unspecified atom stereocenters. The standard InChI is InChI=1S/C22H21N3O3S/c26-20(24-13-11-23(12-14-24)18-9-5-2-6-10-18)16-25-21(27)19(29-22(25)28)15-17-7-3-1-4-8-17/h1-10,15H,11-14,16H2/b19-15-. The van der Waals surface area contributed by atoms with E-state index >= 15 is 0 Å².